The minimum absolute atomic E-state index is 0.201. The van der Waals surface area contributed by atoms with Crippen molar-refractivity contribution in [2.75, 3.05) is 11.6 Å². The van der Waals surface area contributed by atoms with E-state index in [1.807, 2.05) is 24.3 Å². The molecule has 2 rings (SSSR count). The predicted molar refractivity (Wildman–Crippen MR) is 58.8 cm³/mol. The van der Waals surface area contributed by atoms with Gasteiger partial charge in [-0.2, -0.15) is 0 Å². The smallest absolute Gasteiger partial charge is 0.240 e. The first-order valence-corrected chi connectivity index (χ1v) is 4.74. The van der Waals surface area contributed by atoms with Gasteiger partial charge in [-0.05, 0) is 17.7 Å². The molecule has 15 heavy (non-hydrogen) atoms. The minimum Gasteiger partial charge on any atom is -0.366 e. The molecule has 0 aliphatic rings. The van der Waals surface area contributed by atoms with Gasteiger partial charge in [0, 0.05) is 11.4 Å². The Labute approximate surface area is 91.6 Å². The molecule has 0 saturated carbocycles. The second kappa shape index (κ2) is 3.78. The number of benzene rings is 1. The molecule has 5 nitrogen and oxygen atoms in total. The van der Waals surface area contributed by atoms with Crippen LogP contribution in [0, 0.1) is 0 Å². The third-order valence-electron chi connectivity index (χ3n) is 2.04. The van der Waals surface area contributed by atoms with Crippen LogP contribution in [-0.2, 0) is 6.42 Å². The lowest BCUT2D eigenvalue weighted by Crippen LogP contribution is -2.15. The lowest BCUT2D eigenvalue weighted by atomic mass is 10.1. The summed E-state index contributed by atoms with van der Waals surface area (Å²) in [7, 11) is 0. The molecule has 1 aromatic heterocycles. The van der Waals surface area contributed by atoms with Crippen LogP contribution in [0.1, 0.15) is 11.4 Å². The average Bonchev–Trinajstić information content (AvgIpc) is 2.50. The Kier molecular flexibility index (Phi) is 2.47. The Hall–Kier alpha value is -1.75. The first-order valence-electron chi connectivity index (χ1n) is 4.36. The van der Waals surface area contributed by atoms with Gasteiger partial charge < -0.3 is 11.6 Å². The van der Waals surface area contributed by atoms with E-state index in [1.54, 1.807) is 0 Å². The first kappa shape index (κ1) is 9.79. The second-order valence-electron chi connectivity index (χ2n) is 3.15. The zero-order chi connectivity index (χ0) is 10.8. The highest BCUT2D eigenvalue weighted by atomic mass is 35.5. The number of hydrogen-bond donors (Lipinski definition) is 2. The standard InChI is InChI=1S/C9H10ClN5/c10-7-3-1-2-6(4-7)5-8-13-14-9(11)15(8)12/h1-4H,5,12H2,(H2,11,14). The van der Waals surface area contributed by atoms with Gasteiger partial charge >= 0.3 is 0 Å². The zero-order valence-electron chi connectivity index (χ0n) is 7.89. The molecule has 0 spiro atoms. The minimum atomic E-state index is 0.201. The van der Waals surface area contributed by atoms with Crippen LogP contribution in [0.15, 0.2) is 24.3 Å². The maximum Gasteiger partial charge on any atom is 0.240 e. The van der Waals surface area contributed by atoms with Gasteiger partial charge in [-0.1, -0.05) is 23.7 Å². The van der Waals surface area contributed by atoms with Crippen molar-refractivity contribution in [1.29, 1.82) is 0 Å². The molecule has 6 heteroatoms. The molecular weight excluding hydrogens is 214 g/mol. The number of rotatable bonds is 2. The molecule has 2 aromatic rings. The van der Waals surface area contributed by atoms with Gasteiger partial charge in [-0.15, -0.1) is 10.2 Å². The molecule has 0 aliphatic heterocycles. The van der Waals surface area contributed by atoms with E-state index in [4.69, 9.17) is 23.2 Å². The Bertz CT molecular complexity index is 479. The molecule has 1 aromatic carbocycles. The van der Waals surface area contributed by atoms with Gasteiger partial charge in [-0.3, -0.25) is 0 Å². The number of anilines is 1. The summed E-state index contributed by atoms with van der Waals surface area (Å²) in [4.78, 5) is 0. The van der Waals surface area contributed by atoms with Gasteiger partial charge in [0.1, 0.15) is 0 Å². The fourth-order valence-electron chi connectivity index (χ4n) is 1.29. The molecule has 78 valence electrons. The van der Waals surface area contributed by atoms with E-state index >= 15 is 0 Å². The van der Waals surface area contributed by atoms with Crippen LogP contribution in [0.4, 0.5) is 5.95 Å². The number of aromatic nitrogens is 3. The van der Waals surface area contributed by atoms with Crippen LogP contribution in [0.25, 0.3) is 0 Å². The van der Waals surface area contributed by atoms with Crippen LogP contribution >= 0.6 is 11.6 Å². The molecular formula is C9H10ClN5. The Morgan fingerprint density at radius 1 is 1.33 bits per heavy atom. The van der Waals surface area contributed by atoms with Crippen LogP contribution < -0.4 is 11.6 Å². The molecule has 0 aliphatic carbocycles. The molecule has 0 amide bonds. The van der Waals surface area contributed by atoms with Gasteiger partial charge in [-0.25, -0.2) is 4.68 Å². The first-order chi connectivity index (χ1) is 7.16. The number of nitrogens with zero attached hydrogens (tertiary/aromatic N) is 3. The summed E-state index contributed by atoms with van der Waals surface area (Å²) in [6, 6.07) is 7.48. The maximum absolute atomic E-state index is 5.86. The largest absolute Gasteiger partial charge is 0.366 e. The van der Waals surface area contributed by atoms with Crippen molar-refractivity contribution in [3.05, 3.63) is 40.7 Å². The summed E-state index contributed by atoms with van der Waals surface area (Å²) in [5.74, 6) is 6.43. The van der Waals surface area contributed by atoms with E-state index in [0.717, 1.165) is 5.56 Å². The van der Waals surface area contributed by atoms with Gasteiger partial charge in [0.2, 0.25) is 5.95 Å². The van der Waals surface area contributed by atoms with Gasteiger partial charge in [0.05, 0.1) is 0 Å². The van der Waals surface area contributed by atoms with Crippen LogP contribution in [-0.4, -0.2) is 14.9 Å². The fraction of sp³-hybridized carbons (Fsp3) is 0.111. The maximum atomic E-state index is 5.86. The molecule has 0 radical (unpaired) electrons. The number of hydrogen-bond acceptors (Lipinski definition) is 4. The summed E-state index contributed by atoms with van der Waals surface area (Å²) >= 11 is 5.86. The summed E-state index contributed by atoms with van der Waals surface area (Å²) in [6.45, 7) is 0. The third-order valence-corrected chi connectivity index (χ3v) is 2.28. The monoisotopic (exact) mass is 223 g/mol. The van der Waals surface area contributed by atoms with Crippen LogP contribution in [0.2, 0.25) is 5.02 Å². The third kappa shape index (κ3) is 2.02. The van der Waals surface area contributed by atoms with E-state index in [2.05, 4.69) is 10.2 Å². The average molecular weight is 224 g/mol. The van der Waals surface area contributed by atoms with E-state index in [-0.39, 0.29) is 5.95 Å². The summed E-state index contributed by atoms with van der Waals surface area (Å²) in [5, 5.41) is 8.21. The highest BCUT2D eigenvalue weighted by molar-refractivity contribution is 6.30. The molecule has 0 unspecified atom stereocenters. The van der Waals surface area contributed by atoms with Gasteiger partial charge in [0.15, 0.2) is 5.82 Å². The lowest BCUT2D eigenvalue weighted by Gasteiger charge is -2.01. The normalized spacial score (nSPS) is 10.5. The Morgan fingerprint density at radius 3 is 2.73 bits per heavy atom. The zero-order valence-corrected chi connectivity index (χ0v) is 8.65. The summed E-state index contributed by atoms with van der Waals surface area (Å²) < 4.78 is 1.26. The molecule has 0 bridgehead atoms. The second-order valence-corrected chi connectivity index (χ2v) is 3.59. The number of nitrogens with two attached hydrogens (primary N) is 2. The SMILES string of the molecule is Nc1nnc(Cc2cccc(Cl)c2)n1N. The molecule has 1 heterocycles. The van der Waals surface area contributed by atoms with E-state index in [0.29, 0.717) is 17.3 Å². The van der Waals surface area contributed by atoms with Crippen molar-refractivity contribution >= 4 is 17.5 Å². The molecule has 0 saturated heterocycles. The Balaban J connectivity index is 2.26. The highest BCUT2D eigenvalue weighted by Gasteiger charge is 2.07. The van der Waals surface area contributed by atoms with E-state index < -0.39 is 0 Å². The number of halogens is 1. The van der Waals surface area contributed by atoms with Crippen molar-refractivity contribution in [2.24, 2.45) is 0 Å². The summed E-state index contributed by atoms with van der Waals surface area (Å²) in [6.07, 6.45) is 0.557. The lowest BCUT2D eigenvalue weighted by molar-refractivity contribution is 0.879. The topological polar surface area (TPSA) is 82.8 Å². The number of nitrogen functional groups attached to an aromatic ring is 2. The molecule has 0 atom stereocenters. The van der Waals surface area contributed by atoms with Crippen molar-refractivity contribution in [3.8, 4) is 0 Å². The molecule has 0 fully saturated rings. The van der Waals surface area contributed by atoms with Crippen molar-refractivity contribution in [1.82, 2.24) is 14.9 Å². The van der Waals surface area contributed by atoms with Crippen molar-refractivity contribution in [2.45, 2.75) is 6.42 Å². The summed E-state index contributed by atoms with van der Waals surface area (Å²) in [5.41, 5.74) is 6.48. The molecule has 4 N–H and O–H groups in total. The van der Waals surface area contributed by atoms with Gasteiger partial charge in [0.25, 0.3) is 0 Å². The highest BCUT2D eigenvalue weighted by Crippen LogP contribution is 2.13. The van der Waals surface area contributed by atoms with E-state index in [1.165, 1.54) is 4.68 Å². The predicted octanol–water partition coefficient (Wildman–Crippen LogP) is 0.818. The van der Waals surface area contributed by atoms with Crippen LogP contribution in [0.3, 0.4) is 0 Å². The van der Waals surface area contributed by atoms with Crippen LogP contribution in [0.5, 0.6) is 0 Å². The quantitative estimate of drug-likeness (QED) is 0.739. The Morgan fingerprint density at radius 2 is 2.13 bits per heavy atom. The fourth-order valence-corrected chi connectivity index (χ4v) is 1.50. The van der Waals surface area contributed by atoms with Crippen molar-refractivity contribution < 1.29 is 0 Å². The van der Waals surface area contributed by atoms with E-state index in [9.17, 15) is 0 Å². The van der Waals surface area contributed by atoms with Crippen molar-refractivity contribution in [3.63, 3.8) is 0 Å².